The molecule has 0 bridgehead atoms. The van der Waals surface area contributed by atoms with Crippen molar-refractivity contribution in [1.29, 1.82) is 0 Å². The van der Waals surface area contributed by atoms with E-state index in [1.807, 2.05) is 6.92 Å². The summed E-state index contributed by atoms with van der Waals surface area (Å²) in [4.78, 5) is 21.3. The summed E-state index contributed by atoms with van der Waals surface area (Å²) in [5.41, 5.74) is 1.83. The van der Waals surface area contributed by atoms with Gasteiger partial charge in [0.2, 0.25) is 5.95 Å². The largest absolute Gasteiger partial charge is 0.478 e. The number of carboxylic acid groups (broad SMARTS) is 1. The zero-order chi connectivity index (χ0) is 20.7. The third kappa shape index (κ3) is 3.46. The van der Waals surface area contributed by atoms with Crippen LogP contribution in [-0.4, -0.2) is 73.0 Å². The fourth-order valence-corrected chi connectivity index (χ4v) is 3.25. The van der Waals surface area contributed by atoms with E-state index in [-0.39, 0.29) is 19.0 Å². The van der Waals surface area contributed by atoms with E-state index in [2.05, 4.69) is 30.8 Å². The molecular weight excluding hydrogens is 385 g/mol. The Kier molecular flexibility index (Phi) is 4.56. The Morgan fingerprint density at radius 2 is 2.17 bits per heavy atom. The van der Waals surface area contributed by atoms with Crippen LogP contribution in [0.1, 0.15) is 5.69 Å². The van der Waals surface area contributed by atoms with Crippen molar-refractivity contribution < 1.29 is 19.0 Å². The molecule has 13 heteroatoms. The van der Waals surface area contributed by atoms with E-state index in [0.717, 1.165) is 5.69 Å². The summed E-state index contributed by atoms with van der Waals surface area (Å²) < 4.78 is 22.7. The average Bonchev–Trinajstić information content (AvgIpc) is 3.33. The van der Waals surface area contributed by atoms with Crippen molar-refractivity contribution in [1.82, 2.24) is 34.7 Å². The molecule has 1 aliphatic heterocycles. The number of hydrogen-bond acceptors (Lipinski definition) is 8. The van der Waals surface area contributed by atoms with Gasteiger partial charge in [0, 0.05) is 13.6 Å². The maximum atomic E-state index is 14.3. The predicted octanol–water partition coefficient (Wildman–Crippen LogP) is 0.713. The molecule has 0 aromatic carbocycles. The normalized spacial score (nSPS) is 19.0. The molecule has 29 heavy (non-hydrogen) atoms. The van der Waals surface area contributed by atoms with Gasteiger partial charge in [-0.05, 0) is 6.92 Å². The van der Waals surface area contributed by atoms with Crippen molar-refractivity contribution in [3.05, 3.63) is 18.1 Å². The Bertz CT molecular complexity index is 1070. The first-order chi connectivity index (χ1) is 13.9. The second-order valence-electron chi connectivity index (χ2n) is 6.72. The lowest BCUT2D eigenvalue weighted by molar-refractivity contribution is 0.183. The molecule has 0 spiro atoms. The monoisotopic (exact) mass is 405 g/mol. The van der Waals surface area contributed by atoms with Crippen molar-refractivity contribution in [2.45, 2.75) is 19.1 Å². The van der Waals surface area contributed by atoms with Crippen LogP contribution >= 0.6 is 0 Å². The molecule has 3 N–H and O–H groups in total. The van der Waals surface area contributed by atoms with Gasteiger partial charge in [-0.2, -0.15) is 4.98 Å². The van der Waals surface area contributed by atoms with Gasteiger partial charge in [0.05, 0.1) is 37.8 Å². The number of aromatic nitrogens is 6. The molecule has 1 fully saturated rings. The van der Waals surface area contributed by atoms with Crippen LogP contribution in [0.4, 0.5) is 26.6 Å². The molecule has 4 heterocycles. The highest BCUT2D eigenvalue weighted by molar-refractivity contribution is 5.73. The van der Waals surface area contributed by atoms with Crippen LogP contribution in [0.5, 0.6) is 5.88 Å². The van der Waals surface area contributed by atoms with Crippen LogP contribution in [0, 0.1) is 6.92 Å². The summed E-state index contributed by atoms with van der Waals surface area (Å²) >= 11 is 0. The minimum atomic E-state index is -1.37. The van der Waals surface area contributed by atoms with Crippen molar-refractivity contribution in [2.24, 2.45) is 7.05 Å². The number of alkyl halides is 1. The van der Waals surface area contributed by atoms with Gasteiger partial charge in [-0.25, -0.2) is 18.7 Å². The number of rotatable bonds is 5. The number of fused-ring (bicyclic) bond motifs is 1. The van der Waals surface area contributed by atoms with Crippen molar-refractivity contribution >= 4 is 29.2 Å². The molecule has 3 aromatic rings. The second-order valence-corrected chi connectivity index (χ2v) is 6.72. The number of amides is 1. The lowest BCUT2D eigenvalue weighted by atomic mass is 10.2. The fraction of sp³-hybridized carbons (Fsp3) is 0.438. The highest BCUT2D eigenvalue weighted by atomic mass is 19.1. The lowest BCUT2D eigenvalue weighted by Gasteiger charge is -2.17. The van der Waals surface area contributed by atoms with Crippen LogP contribution in [0.15, 0.2) is 12.4 Å². The van der Waals surface area contributed by atoms with E-state index >= 15 is 0 Å². The molecule has 1 saturated heterocycles. The Labute approximate surface area is 164 Å². The summed E-state index contributed by atoms with van der Waals surface area (Å²) in [6.45, 7) is 1.92. The summed E-state index contributed by atoms with van der Waals surface area (Å²) in [6.07, 6.45) is 0.736. The molecule has 4 rings (SSSR count). The number of imidazole rings is 1. The van der Waals surface area contributed by atoms with E-state index in [4.69, 9.17) is 9.84 Å². The van der Waals surface area contributed by atoms with Crippen molar-refractivity contribution in [3.8, 4) is 5.88 Å². The van der Waals surface area contributed by atoms with Crippen LogP contribution in [0.2, 0.25) is 0 Å². The Hall–Kier alpha value is -3.64. The standard InChI is InChI=1S/C16H20FN9O3/c1-8-4-18-13-12(19-11-6-24(2)22-14(11)29-3)21-15(23-26(8)13)25-5-9(17)10(7-25)20-16(27)28/h4,6,9-10,20H,5,7H2,1-3H3,(H,27,28)(H,19,21,23)/t9-,10-/m1/s1. The van der Waals surface area contributed by atoms with Gasteiger partial charge < -0.3 is 25.4 Å². The molecule has 154 valence electrons. The molecule has 3 aromatic heterocycles. The average molecular weight is 405 g/mol. The minimum absolute atomic E-state index is 0.0279. The van der Waals surface area contributed by atoms with Crippen molar-refractivity contribution in [3.63, 3.8) is 0 Å². The van der Waals surface area contributed by atoms with Gasteiger partial charge in [-0.3, -0.25) is 4.68 Å². The molecule has 2 atom stereocenters. The first-order valence-corrected chi connectivity index (χ1v) is 8.81. The van der Waals surface area contributed by atoms with E-state index in [1.165, 1.54) is 7.11 Å². The number of aryl methyl sites for hydroxylation is 2. The molecule has 1 aliphatic rings. The third-order valence-corrected chi connectivity index (χ3v) is 4.60. The number of methoxy groups -OCH3 is 1. The van der Waals surface area contributed by atoms with Gasteiger partial charge >= 0.3 is 6.09 Å². The van der Waals surface area contributed by atoms with E-state index in [1.54, 1.807) is 33.5 Å². The highest BCUT2D eigenvalue weighted by Gasteiger charge is 2.36. The number of carbonyl (C=O) groups is 1. The third-order valence-electron chi connectivity index (χ3n) is 4.60. The quantitative estimate of drug-likeness (QED) is 0.561. The summed E-state index contributed by atoms with van der Waals surface area (Å²) in [5, 5.41) is 22.9. The first kappa shape index (κ1) is 18.7. The minimum Gasteiger partial charge on any atom is -0.478 e. The summed E-state index contributed by atoms with van der Waals surface area (Å²) in [5.74, 6) is 1.02. The Morgan fingerprint density at radius 1 is 1.38 bits per heavy atom. The van der Waals surface area contributed by atoms with Gasteiger partial charge in [0.25, 0.3) is 5.88 Å². The predicted molar refractivity (Wildman–Crippen MR) is 101 cm³/mol. The molecule has 0 unspecified atom stereocenters. The van der Waals surface area contributed by atoms with E-state index < -0.39 is 18.3 Å². The maximum Gasteiger partial charge on any atom is 0.405 e. The van der Waals surface area contributed by atoms with E-state index in [0.29, 0.717) is 23.0 Å². The Balaban J connectivity index is 1.71. The maximum absolute atomic E-state index is 14.3. The van der Waals surface area contributed by atoms with Crippen LogP contribution in [0.3, 0.4) is 0 Å². The molecule has 0 aliphatic carbocycles. The zero-order valence-electron chi connectivity index (χ0n) is 16.0. The van der Waals surface area contributed by atoms with Gasteiger partial charge in [-0.15, -0.1) is 10.2 Å². The summed E-state index contributed by atoms with van der Waals surface area (Å²) in [6, 6.07) is -0.856. The molecule has 1 amide bonds. The zero-order valence-corrected chi connectivity index (χ0v) is 16.0. The number of hydrogen-bond donors (Lipinski definition) is 3. The van der Waals surface area contributed by atoms with Crippen LogP contribution in [0.25, 0.3) is 5.65 Å². The molecular formula is C16H20FN9O3. The molecule has 0 radical (unpaired) electrons. The number of ether oxygens (including phenoxy) is 1. The van der Waals surface area contributed by atoms with Gasteiger partial charge in [0.15, 0.2) is 11.5 Å². The van der Waals surface area contributed by atoms with Crippen LogP contribution < -0.4 is 20.3 Å². The number of halogens is 1. The number of nitrogens with one attached hydrogen (secondary N) is 2. The van der Waals surface area contributed by atoms with Gasteiger partial charge in [0.1, 0.15) is 11.9 Å². The first-order valence-electron chi connectivity index (χ1n) is 8.81. The van der Waals surface area contributed by atoms with Crippen LogP contribution in [-0.2, 0) is 7.05 Å². The highest BCUT2D eigenvalue weighted by Crippen LogP contribution is 2.28. The van der Waals surface area contributed by atoms with E-state index in [9.17, 15) is 9.18 Å². The van der Waals surface area contributed by atoms with Gasteiger partial charge in [-0.1, -0.05) is 0 Å². The second kappa shape index (κ2) is 7.07. The smallest absolute Gasteiger partial charge is 0.405 e. The Morgan fingerprint density at radius 3 is 2.90 bits per heavy atom. The SMILES string of the molecule is COc1nn(C)cc1Nc1nc(N2C[C@@H](F)[C@H](NC(=O)O)C2)nn2c(C)cnc12. The molecule has 0 saturated carbocycles. The van der Waals surface area contributed by atoms with Crippen molar-refractivity contribution in [2.75, 3.05) is 30.4 Å². The fourth-order valence-electron chi connectivity index (χ4n) is 3.25. The number of nitrogens with zero attached hydrogens (tertiary/aromatic N) is 7. The topological polar surface area (TPSA) is 135 Å². The molecule has 12 nitrogen and oxygen atoms in total. The summed E-state index contributed by atoms with van der Waals surface area (Å²) in [7, 11) is 3.27. The number of anilines is 3. The lowest BCUT2D eigenvalue weighted by Crippen LogP contribution is -2.40.